The van der Waals surface area contributed by atoms with Crippen molar-refractivity contribution in [3.8, 4) is 0 Å². The minimum atomic E-state index is -5.79. The molecule has 2 aliphatic rings. The molecule has 2 aliphatic heterocycles. The molecular formula is C24H39N7O29P6. The number of aromatic nitrogens is 6. The summed E-state index contributed by atoms with van der Waals surface area (Å²) in [6.45, 7) is -1.30. The van der Waals surface area contributed by atoms with Crippen LogP contribution in [0, 0.1) is 6.92 Å². The number of anilines is 1. The lowest BCUT2D eigenvalue weighted by atomic mass is 10.1. The second-order valence-corrected chi connectivity index (χ2v) is 22.3. The van der Waals surface area contributed by atoms with Crippen molar-refractivity contribution in [1.29, 1.82) is 0 Å². The molecule has 3 aromatic heterocycles. The number of aliphatic carboxylic acids is 1. The van der Waals surface area contributed by atoms with Crippen molar-refractivity contribution in [3.05, 3.63) is 45.3 Å². The maximum atomic E-state index is 12.0. The summed E-state index contributed by atoms with van der Waals surface area (Å²) in [7, 11) is -32.0. The second kappa shape index (κ2) is 21.8. The molecule has 5 heterocycles. The fraction of sp³-hybridized carbons (Fsp3) is 0.583. The number of nitrogens with two attached hydrogens (primary N) is 1. The Kier molecular flexibility index (Phi) is 18.4. The molecule has 6 unspecified atom stereocenters. The third-order valence-corrected chi connectivity index (χ3v) is 16.6. The van der Waals surface area contributed by atoms with Crippen LogP contribution in [0.1, 0.15) is 30.9 Å². The maximum absolute atomic E-state index is 12.0. The molecule has 0 aliphatic carbocycles. The fourth-order valence-electron chi connectivity index (χ4n) is 5.23. The Morgan fingerprint density at radius 1 is 0.788 bits per heavy atom. The number of aryl methyl sites for hydroxylation is 1. The molecule has 2 fully saturated rings. The average molecular weight is 1080 g/mol. The summed E-state index contributed by atoms with van der Waals surface area (Å²) in [6, 6.07) is 0. The molecule has 42 heteroatoms. The Morgan fingerprint density at radius 2 is 1.33 bits per heavy atom. The molecule has 0 bridgehead atoms. The number of imidazole rings is 1. The number of hydrogen-bond donors (Lipinski definition) is 12. The average Bonchev–Trinajstić information content (AvgIpc) is 3.84. The lowest BCUT2D eigenvalue weighted by Crippen LogP contribution is -2.33. The van der Waals surface area contributed by atoms with E-state index >= 15 is 0 Å². The highest BCUT2D eigenvalue weighted by Gasteiger charge is 2.48. The number of hydrogen-bond acceptors (Lipinski definition) is 26. The molecule has 2 saturated heterocycles. The van der Waals surface area contributed by atoms with E-state index in [1.165, 1.54) is 24.0 Å². The summed E-state index contributed by atoms with van der Waals surface area (Å²) in [4.78, 5) is 104. The van der Waals surface area contributed by atoms with Gasteiger partial charge in [0.05, 0.1) is 38.7 Å². The van der Waals surface area contributed by atoms with Crippen LogP contribution in [-0.2, 0) is 77.0 Å². The number of H-pyrrole nitrogens is 1. The highest BCUT2D eigenvalue weighted by molar-refractivity contribution is 7.67. The van der Waals surface area contributed by atoms with Crippen molar-refractivity contribution in [3.63, 3.8) is 0 Å². The van der Waals surface area contributed by atoms with Crippen molar-refractivity contribution in [1.82, 2.24) is 29.1 Å². The molecule has 3 aromatic rings. The van der Waals surface area contributed by atoms with Crippen molar-refractivity contribution in [2.75, 3.05) is 32.7 Å². The normalized spacial score (nSPS) is 27.6. The van der Waals surface area contributed by atoms with Crippen LogP contribution in [-0.4, -0.2) is 142 Å². The molecule has 0 saturated carbocycles. The first-order valence-corrected chi connectivity index (χ1v) is 26.4. The summed E-state index contributed by atoms with van der Waals surface area (Å²) < 4.78 is 115. The van der Waals surface area contributed by atoms with Gasteiger partial charge in [0, 0.05) is 25.3 Å². The van der Waals surface area contributed by atoms with Gasteiger partial charge in [-0.15, -0.1) is 0 Å². The van der Waals surface area contributed by atoms with Crippen LogP contribution in [0.4, 0.5) is 5.82 Å². The number of carbonyl (C=O) groups is 1. The van der Waals surface area contributed by atoms with E-state index < -0.39 is 133 Å². The van der Waals surface area contributed by atoms with E-state index in [0.717, 1.165) is 10.9 Å². The van der Waals surface area contributed by atoms with Crippen molar-refractivity contribution in [2.24, 2.45) is 0 Å². The molecule has 13 N–H and O–H groups in total. The number of phosphoric ester groups is 4. The summed E-state index contributed by atoms with van der Waals surface area (Å²) in [5.41, 5.74) is 4.76. The van der Waals surface area contributed by atoms with Gasteiger partial charge < -0.3 is 65.0 Å². The SMILES string of the molecule is COP(=O)(O)OP(=O)(O)OP(=O)(O)OC[C@H]1O[C@@H](n2cc(C)c(=O)[nH]c2=O)C[C@@H]1O.Nc1ncnc2c1ncn2[C@@H]1O[C@H](COP(=O)(O)OP(=O)(O)OP(=O)(O)OCCC(=O)O)[C@@H](O)[C@H]1O. The second-order valence-electron chi connectivity index (χ2n) is 12.9. The number of nitrogen functional groups attached to an aromatic ring is 1. The number of nitrogens with one attached hydrogen (secondary N) is 1. The topological polar surface area (TPSA) is 539 Å². The van der Waals surface area contributed by atoms with E-state index in [4.69, 9.17) is 25.2 Å². The van der Waals surface area contributed by atoms with Crippen LogP contribution in [0.5, 0.6) is 0 Å². The van der Waals surface area contributed by atoms with Crippen LogP contribution in [0.3, 0.4) is 0 Å². The Labute approximate surface area is 366 Å². The number of rotatable bonds is 21. The standard InChI is InChI=1S/C13H20N5O15P3.C11H19N2O14P3/c14-11-8-12(16-4-15-11)18(5-17-8)13-10(22)9(21)6(31-13)3-30-35(25,26)33-36(27,28)32-34(23,24)29-2-1-7(19)20;1-6-4-13(11(16)12-10(6)15)9-3-7(14)8(25-9)5-24-29(19,20)27-30(21,22)26-28(17,18)23-2/h4-6,9-10,13,21-22H,1-3H2,(H,19,20)(H,23,24)(H,25,26)(H,27,28)(H2,14,15,16);4,7-9,14H,3,5H2,1-2H3,(H,17,18)(H,19,20)(H,21,22)(H,12,15,16)/t6-,9-,10-,13-;7-,8+,9+/m10/s1. The molecule has 13 atom stereocenters. The highest BCUT2D eigenvalue weighted by Crippen LogP contribution is 2.69. The van der Waals surface area contributed by atoms with E-state index in [9.17, 15) is 81.6 Å². The Balaban J connectivity index is 0.000000294. The molecule has 66 heavy (non-hydrogen) atoms. The Morgan fingerprint density at radius 3 is 1.89 bits per heavy atom. The predicted molar refractivity (Wildman–Crippen MR) is 207 cm³/mol. The zero-order valence-electron chi connectivity index (χ0n) is 33.0. The number of fused-ring (bicyclic) bond motifs is 1. The lowest BCUT2D eigenvalue weighted by molar-refractivity contribution is -0.137. The van der Waals surface area contributed by atoms with Crippen LogP contribution in [0.2, 0.25) is 0 Å². The number of phosphoric acid groups is 6. The number of carboxylic acids is 1. The third-order valence-electron chi connectivity index (χ3n) is 8.09. The van der Waals surface area contributed by atoms with Gasteiger partial charge in [-0.05, 0) is 6.92 Å². The Bertz CT molecular complexity index is 2640. The number of aliphatic hydroxyl groups excluding tert-OH is 3. The summed E-state index contributed by atoms with van der Waals surface area (Å²) in [6.07, 6.45) is -7.18. The lowest BCUT2D eigenvalue weighted by Gasteiger charge is -2.20. The number of nitrogens with zero attached hydrogens (tertiary/aromatic N) is 5. The molecule has 374 valence electrons. The summed E-state index contributed by atoms with van der Waals surface area (Å²) >= 11 is 0. The number of ether oxygens (including phenoxy) is 2. The first-order chi connectivity index (χ1) is 30.3. The van der Waals surface area contributed by atoms with Crippen LogP contribution >= 0.6 is 46.9 Å². The zero-order valence-corrected chi connectivity index (χ0v) is 38.4. The quantitative estimate of drug-likeness (QED) is 0.0532. The van der Waals surface area contributed by atoms with Crippen LogP contribution in [0.15, 0.2) is 28.4 Å². The van der Waals surface area contributed by atoms with Crippen molar-refractivity contribution in [2.45, 2.75) is 62.7 Å². The number of aromatic amines is 1. The van der Waals surface area contributed by atoms with Crippen LogP contribution in [0.25, 0.3) is 11.2 Å². The summed E-state index contributed by atoms with van der Waals surface area (Å²) in [5.74, 6) is -1.39. The van der Waals surface area contributed by atoms with E-state index in [-0.39, 0.29) is 29.0 Å². The predicted octanol–water partition coefficient (Wildman–Crippen LogP) is -1.64. The molecule has 0 amide bonds. The molecular weight excluding hydrogens is 1040 g/mol. The highest BCUT2D eigenvalue weighted by atomic mass is 31.3. The fourth-order valence-corrected chi connectivity index (χ4v) is 12.0. The van der Waals surface area contributed by atoms with Crippen molar-refractivity contribution < 1.29 is 127 Å². The van der Waals surface area contributed by atoms with E-state index in [2.05, 4.69) is 50.3 Å². The first kappa shape index (κ1) is 55.7. The molecule has 36 nitrogen and oxygen atoms in total. The molecule has 0 spiro atoms. The van der Waals surface area contributed by atoms with Gasteiger partial charge in [-0.2, -0.15) is 17.2 Å². The monoisotopic (exact) mass is 1080 g/mol. The van der Waals surface area contributed by atoms with E-state index in [0.29, 0.717) is 7.11 Å². The number of carboxylic acid groups (broad SMARTS) is 1. The van der Waals surface area contributed by atoms with Gasteiger partial charge in [0.1, 0.15) is 42.5 Å². The molecule has 0 radical (unpaired) electrons. The maximum Gasteiger partial charge on any atom is 0.490 e. The van der Waals surface area contributed by atoms with Gasteiger partial charge >= 0.3 is 58.6 Å². The molecule has 5 rings (SSSR count). The Hall–Kier alpha value is -2.88. The zero-order chi connectivity index (χ0) is 49.8. The summed E-state index contributed by atoms with van der Waals surface area (Å²) in [5, 5.41) is 39.1. The minimum absolute atomic E-state index is 0.0281. The van der Waals surface area contributed by atoms with Gasteiger partial charge in [0.2, 0.25) is 0 Å². The smallest absolute Gasteiger partial charge is 0.481 e. The van der Waals surface area contributed by atoms with Gasteiger partial charge in [-0.1, -0.05) is 0 Å². The minimum Gasteiger partial charge on any atom is -0.481 e. The van der Waals surface area contributed by atoms with E-state index in [1.807, 2.05) is 4.98 Å². The van der Waals surface area contributed by atoms with Crippen LogP contribution < -0.4 is 17.0 Å². The van der Waals surface area contributed by atoms with Gasteiger partial charge in [0.25, 0.3) is 5.56 Å². The van der Waals surface area contributed by atoms with Gasteiger partial charge in [-0.25, -0.2) is 47.1 Å². The first-order valence-electron chi connectivity index (χ1n) is 17.4. The third kappa shape index (κ3) is 15.8. The van der Waals surface area contributed by atoms with E-state index in [1.54, 1.807) is 0 Å². The van der Waals surface area contributed by atoms with Crippen molar-refractivity contribution >= 4 is 69.9 Å². The molecule has 0 aromatic carbocycles. The van der Waals surface area contributed by atoms with Gasteiger partial charge in [0.15, 0.2) is 17.7 Å². The van der Waals surface area contributed by atoms with Gasteiger partial charge in [-0.3, -0.25) is 41.8 Å². The largest absolute Gasteiger partial charge is 0.490 e. The number of aliphatic hydroxyl groups is 3.